The van der Waals surface area contributed by atoms with Crippen LogP contribution in [0.5, 0.6) is 0 Å². The number of rotatable bonds is 2. The van der Waals surface area contributed by atoms with E-state index in [0.717, 1.165) is 5.01 Å². The number of carbonyl (C=O) groups is 1. The van der Waals surface area contributed by atoms with E-state index in [1.807, 2.05) is 0 Å². The van der Waals surface area contributed by atoms with Crippen LogP contribution in [0, 0.1) is 0 Å². The lowest BCUT2D eigenvalue weighted by molar-refractivity contribution is 0.146. The Bertz CT molecular complexity index is 248. The lowest BCUT2D eigenvalue weighted by Crippen LogP contribution is -2.43. The number of hydrazine groups is 1. The van der Waals surface area contributed by atoms with Crippen LogP contribution in [0.4, 0.5) is 4.79 Å². The smallest absolute Gasteiger partial charge is 0.268 e. The van der Waals surface area contributed by atoms with Crippen molar-refractivity contribution in [2.75, 3.05) is 14.1 Å². The highest BCUT2D eigenvalue weighted by Crippen LogP contribution is 2.03. The summed E-state index contributed by atoms with van der Waals surface area (Å²) in [6.45, 7) is 0. The maximum absolute atomic E-state index is 10.3. The van der Waals surface area contributed by atoms with Gasteiger partial charge >= 0.3 is 15.7 Å². The van der Waals surface area contributed by atoms with Crippen LogP contribution < -0.4 is 0 Å². The van der Waals surface area contributed by atoms with Gasteiger partial charge in [0.1, 0.15) is 0 Å². The van der Waals surface area contributed by atoms with Crippen molar-refractivity contribution in [2.45, 2.75) is 0 Å². The van der Waals surface area contributed by atoms with Crippen molar-refractivity contribution in [3.8, 4) is 0 Å². The third-order valence-corrected chi connectivity index (χ3v) is 1.92. The van der Waals surface area contributed by atoms with E-state index in [4.69, 9.17) is 16.2 Å². The molecule has 0 aliphatic carbocycles. The molecule has 66 valence electrons. The van der Waals surface area contributed by atoms with E-state index in [9.17, 15) is 13.2 Å². The Morgan fingerprint density at radius 3 is 1.82 bits per heavy atom. The monoisotopic (exact) mass is 202 g/mol. The number of amides is 1. The van der Waals surface area contributed by atoms with Crippen molar-refractivity contribution in [1.29, 1.82) is 0 Å². The predicted molar refractivity (Wildman–Crippen MR) is 38.3 cm³/mol. The van der Waals surface area contributed by atoms with Crippen LogP contribution in [0.1, 0.15) is 0 Å². The zero-order valence-corrected chi connectivity index (χ0v) is 7.43. The first-order valence-corrected chi connectivity index (χ1v) is 4.18. The van der Waals surface area contributed by atoms with Gasteiger partial charge in [0, 0.05) is 14.1 Å². The lowest BCUT2D eigenvalue weighted by atomic mass is 11.1. The van der Waals surface area contributed by atoms with E-state index in [2.05, 4.69) is 0 Å². The minimum atomic E-state index is -4.59. The highest BCUT2D eigenvalue weighted by atomic mass is 35.5. The van der Waals surface area contributed by atoms with Crippen LogP contribution in [-0.2, 0) is 10.3 Å². The topological polar surface area (TPSA) is 77.9 Å². The van der Waals surface area contributed by atoms with E-state index in [-0.39, 0.29) is 4.41 Å². The maximum Gasteiger partial charge on any atom is 0.377 e. The summed E-state index contributed by atoms with van der Waals surface area (Å²) in [7, 11) is -2.10. The molecule has 1 N–H and O–H groups in total. The second kappa shape index (κ2) is 3.35. The normalized spacial score (nSPS) is 11.7. The number of carbonyl (C=O) groups excluding carboxylic acids is 1. The standard InChI is InChI=1S/C3H7ClN2O4S/c1-5(2)6(3(4)7)11(8,9)10/h1-2H3,(H,8,9,10). The van der Waals surface area contributed by atoms with Crippen molar-refractivity contribution in [3.05, 3.63) is 0 Å². The molecule has 6 nitrogen and oxygen atoms in total. The average Bonchev–Trinajstić information content (AvgIpc) is 1.54. The van der Waals surface area contributed by atoms with E-state index in [1.54, 1.807) is 0 Å². The third-order valence-electron chi connectivity index (χ3n) is 0.732. The first-order valence-electron chi connectivity index (χ1n) is 2.41. The Balaban J connectivity index is 4.79. The second-order valence-corrected chi connectivity index (χ2v) is 3.39. The molecular formula is C3H7ClN2O4S. The Morgan fingerprint density at radius 2 is 1.82 bits per heavy atom. The molecule has 0 aromatic carbocycles. The van der Waals surface area contributed by atoms with Crippen molar-refractivity contribution in [3.63, 3.8) is 0 Å². The first-order chi connectivity index (χ1) is 4.76. The number of halogens is 1. The highest BCUT2D eigenvalue weighted by molar-refractivity contribution is 7.84. The summed E-state index contributed by atoms with van der Waals surface area (Å²) in [6, 6.07) is 0. The van der Waals surface area contributed by atoms with Gasteiger partial charge in [-0.25, -0.2) is 5.01 Å². The van der Waals surface area contributed by atoms with Gasteiger partial charge in [0.2, 0.25) is 0 Å². The molecule has 0 aliphatic heterocycles. The van der Waals surface area contributed by atoms with Crippen molar-refractivity contribution >= 4 is 27.3 Å². The highest BCUT2D eigenvalue weighted by Gasteiger charge is 2.25. The van der Waals surface area contributed by atoms with Gasteiger partial charge in [0.05, 0.1) is 0 Å². The SMILES string of the molecule is CN(C)N(C(=O)Cl)S(=O)(=O)O. The fourth-order valence-electron chi connectivity index (χ4n) is 0.454. The molecule has 0 aromatic rings. The van der Waals surface area contributed by atoms with Crippen molar-refractivity contribution < 1.29 is 17.8 Å². The number of nitrogens with zero attached hydrogens (tertiary/aromatic N) is 2. The molecule has 0 fully saturated rings. The van der Waals surface area contributed by atoms with E-state index < -0.39 is 15.7 Å². The largest absolute Gasteiger partial charge is 0.377 e. The summed E-state index contributed by atoms with van der Waals surface area (Å²) in [5.41, 5.74) is 0. The van der Waals surface area contributed by atoms with Gasteiger partial charge in [-0.2, -0.15) is 8.42 Å². The summed E-state index contributed by atoms with van der Waals surface area (Å²) in [4.78, 5) is 10.3. The van der Waals surface area contributed by atoms with Gasteiger partial charge in [-0.1, -0.05) is 0 Å². The molecule has 0 atom stereocenters. The zero-order valence-electron chi connectivity index (χ0n) is 5.85. The quantitative estimate of drug-likeness (QED) is 0.294. The van der Waals surface area contributed by atoms with Crippen LogP contribution in [0.15, 0.2) is 0 Å². The van der Waals surface area contributed by atoms with Gasteiger partial charge in [0.25, 0.3) is 0 Å². The molecular weight excluding hydrogens is 196 g/mol. The van der Waals surface area contributed by atoms with E-state index in [1.165, 1.54) is 14.1 Å². The molecule has 0 heterocycles. The van der Waals surface area contributed by atoms with E-state index in [0.29, 0.717) is 0 Å². The summed E-state index contributed by atoms with van der Waals surface area (Å²) in [5, 5.41) is -0.456. The lowest BCUT2D eigenvalue weighted by Gasteiger charge is -2.21. The molecule has 0 bridgehead atoms. The van der Waals surface area contributed by atoms with Crippen LogP contribution in [-0.4, -0.2) is 41.9 Å². The van der Waals surface area contributed by atoms with Crippen molar-refractivity contribution in [1.82, 2.24) is 9.42 Å². The molecule has 8 heteroatoms. The van der Waals surface area contributed by atoms with E-state index >= 15 is 0 Å². The predicted octanol–water partition coefficient (Wildman–Crippen LogP) is -0.0734. The summed E-state index contributed by atoms with van der Waals surface area (Å²) < 4.78 is 29.1. The van der Waals surface area contributed by atoms with Crippen LogP contribution in [0.3, 0.4) is 0 Å². The molecule has 0 radical (unpaired) electrons. The van der Waals surface area contributed by atoms with Crippen molar-refractivity contribution in [2.24, 2.45) is 0 Å². The van der Waals surface area contributed by atoms with Crippen LogP contribution in [0.25, 0.3) is 0 Å². The molecule has 0 saturated heterocycles. The van der Waals surface area contributed by atoms with Gasteiger partial charge < -0.3 is 0 Å². The molecule has 0 spiro atoms. The van der Waals surface area contributed by atoms with Crippen LogP contribution >= 0.6 is 11.6 Å². The molecule has 0 unspecified atom stereocenters. The van der Waals surface area contributed by atoms with Gasteiger partial charge in [0.15, 0.2) is 0 Å². The zero-order chi connectivity index (χ0) is 9.23. The Hall–Kier alpha value is -0.370. The Labute approximate surface area is 69.2 Å². The fourth-order valence-corrected chi connectivity index (χ4v) is 1.46. The molecule has 0 aromatic heterocycles. The Morgan fingerprint density at radius 1 is 1.45 bits per heavy atom. The van der Waals surface area contributed by atoms with Gasteiger partial charge in [-0.15, -0.1) is 4.41 Å². The summed E-state index contributed by atoms with van der Waals surface area (Å²) in [5.74, 6) is 0. The minimum Gasteiger partial charge on any atom is -0.268 e. The number of hydrogen-bond donors (Lipinski definition) is 1. The third kappa shape index (κ3) is 3.02. The Kier molecular flexibility index (Phi) is 3.24. The molecule has 0 rings (SSSR count). The second-order valence-electron chi connectivity index (χ2n) is 1.82. The molecule has 11 heavy (non-hydrogen) atoms. The molecule has 0 aliphatic rings. The van der Waals surface area contributed by atoms with Crippen LogP contribution in [0.2, 0.25) is 0 Å². The maximum atomic E-state index is 10.3. The minimum absolute atomic E-state index is 0.00849. The van der Waals surface area contributed by atoms with Gasteiger partial charge in [-0.05, 0) is 11.6 Å². The van der Waals surface area contributed by atoms with Gasteiger partial charge in [-0.3, -0.25) is 9.35 Å². The molecule has 1 amide bonds. The molecule has 0 saturated carbocycles. The summed E-state index contributed by atoms with van der Waals surface area (Å²) in [6.07, 6.45) is 0. The fraction of sp³-hybridized carbons (Fsp3) is 0.667. The number of hydrogen-bond acceptors (Lipinski definition) is 4. The average molecular weight is 203 g/mol. The first kappa shape index (κ1) is 10.6. The summed E-state index contributed by atoms with van der Waals surface area (Å²) >= 11 is 4.83.